The molecule has 3 aromatic rings. The molecule has 0 aliphatic heterocycles. The number of hydrogen-bond donors (Lipinski definition) is 2. The Morgan fingerprint density at radius 2 is 1.52 bits per heavy atom. The van der Waals surface area contributed by atoms with Crippen LogP contribution in [0, 0.1) is 6.92 Å². The first kappa shape index (κ1) is 32.7. The van der Waals surface area contributed by atoms with E-state index in [1.54, 1.807) is 31.2 Å². The van der Waals surface area contributed by atoms with Crippen molar-refractivity contribution in [2.75, 3.05) is 6.61 Å². The van der Waals surface area contributed by atoms with E-state index >= 15 is 0 Å². The van der Waals surface area contributed by atoms with Crippen molar-refractivity contribution in [3.63, 3.8) is 0 Å². The Balaban J connectivity index is 1.69. The monoisotopic (exact) mass is 594 g/mol. The van der Waals surface area contributed by atoms with Crippen molar-refractivity contribution in [1.29, 1.82) is 0 Å². The van der Waals surface area contributed by atoms with E-state index in [1.165, 1.54) is 24.4 Å². The largest absolute Gasteiger partial charge is 0.507 e. The van der Waals surface area contributed by atoms with Gasteiger partial charge in [-0.2, -0.15) is 13.5 Å². The SMILES string of the molecule is CCOc1cc(/C=N/NC(=O)CCc2cc(C(C)(C)C)c(O)c(C(C)(C)C)c2)ccc1OS(=O)(=O)c1ccc(C)cc1. The fourth-order valence-electron chi connectivity index (χ4n) is 4.29. The van der Waals surface area contributed by atoms with E-state index in [9.17, 15) is 18.3 Å². The fourth-order valence-corrected chi connectivity index (χ4v) is 5.23. The number of phenolic OH excluding ortho intramolecular Hbond substituents is 1. The van der Waals surface area contributed by atoms with Crippen molar-refractivity contribution in [3.8, 4) is 17.2 Å². The zero-order valence-corrected chi connectivity index (χ0v) is 26.6. The summed E-state index contributed by atoms with van der Waals surface area (Å²) in [5, 5.41) is 15.0. The normalized spacial score (nSPS) is 12.4. The highest BCUT2D eigenvalue weighted by molar-refractivity contribution is 7.87. The Kier molecular flexibility index (Phi) is 10.1. The summed E-state index contributed by atoms with van der Waals surface area (Å²) in [4.78, 5) is 12.6. The molecule has 0 aliphatic rings. The highest BCUT2D eigenvalue weighted by Crippen LogP contribution is 2.40. The van der Waals surface area contributed by atoms with Crippen molar-refractivity contribution < 1.29 is 27.2 Å². The van der Waals surface area contributed by atoms with Crippen molar-refractivity contribution in [2.24, 2.45) is 5.10 Å². The molecule has 0 spiro atoms. The van der Waals surface area contributed by atoms with E-state index in [4.69, 9.17) is 8.92 Å². The molecule has 0 heterocycles. The number of aryl methyl sites for hydroxylation is 2. The third kappa shape index (κ3) is 8.58. The van der Waals surface area contributed by atoms with Crippen LogP contribution < -0.4 is 14.3 Å². The maximum atomic E-state index is 12.8. The average molecular weight is 595 g/mol. The quantitative estimate of drug-likeness (QED) is 0.156. The van der Waals surface area contributed by atoms with Crippen molar-refractivity contribution >= 4 is 22.2 Å². The lowest BCUT2D eigenvalue weighted by atomic mass is 9.78. The van der Waals surface area contributed by atoms with E-state index in [1.807, 2.05) is 19.1 Å². The number of carbonyl (C=O) groups excluding carboxylic acids is 1. The summed E-state index contributed by atoms with van der Waals surface area (Å²) in [7, 11) is -4.05. The highest BCUT2D eigenvalue weighted by Gasteiger charge is 2.26. The summed E-state index contributed by atoms with van der Waals surface area (Å²) in [6.07, 6.45) is 2.15. The zero-order valence-electron chi connectivity index (χ0n) is 25.7. The summed E-state index contributed by atoms with van der Waals surface area (Å²) in [5.41, 5.74) is 6.24. The van der Waals surface area contributed by atoms with Gasteiger partial charge in [-0.1, -0.05) is 71.4 Å². The second-order valence-corrected chi connectivity index (χ2v) is 13.9. The Labute approximate surface area is 249 Å². The van der Waals surface area contributed by atoms with Gasteiger partial charge in [0.15, 0.2) is 11.5 Å². The minimum Gasteiger partial charge on any atom is -0.507 e. The third-order valence-electron chi connectivity index (χ3n) is 6.61. The van der Waals surface area contributed by atoms with Gasteiger partial charge in [-0.05, 0) is 83.7 Å². The van der Waals surface area contributed by atoms with Crippen LogP contribution in [0.1, 0.15) is 82.7 Å². The van der Waals surface area contributed by atoms with Gasteiger partial charge in [-0.15, -0.1) is 0 Å². The van der Waals surface area contributed by atoms with Crippen LogP contribution in [0.2, 0.25) is 0 Å². The molecule has 0 unspecified atom stereocenters. The molecule has 0 saturated carbocycles. The molecule has 0 atom stereocenters. The van der Waals surface area contributed by atoms with E-state index in [2.05, 4.69) is 52.1 Å². The highest BCUT2D eigenvalue weighted by atomic mass is 32.2. The Hall–Kier alpha value is -3.85. The molecule has 0 radical (unpaired) electrons. The van der Waals surface area contributed by atoms with Gasteiger partial charge in [-0.3, -0.25) is 4.79 Å². The van der Waals surface area contributed by atoms with Crippen LogP contribution in [0.3, 0.4) is 0 Å². The number of phenols is 1. The van der Waals surface area contributed by atoms with Crippen molar-refractivity contribution in [2.45, 2.75) is 84.0 Å². The lowest BCUT2D eigenvalue weighted by Gasteiger charge is -2.28. The first-order valence-electron chi connectivity index (χ1n) is 14.0. The Morgan fingerprint density at radius 1 is 0.929 bits per heavy atom. The van der Waals surface area contributed by atoms with Gasteiger partial charge in [0.25, 0.3) is 0 Å². The molecule has 9 heteroatoms. The van der Waals surface area contributed by atoms with Gasteiger partial charge >= 0.3 is 10.1 Å². The van der Waals surface area contributed by atoms with E-state index in [0.717, 1.165) is 22.3 Å². The van der Waals surface area contributed by atoms with Gasteiger partial charge in [0.05, 0.1) is 12.8 Å². The summed E-state index contributed by atoms with van der Waals surface area (Å²) in [6, 6.07) is 15.0. The van der Waals surface area contributed by atoms with Crippen LogP contribution in [-0.4, -0.2) is 32.3 Å². The molecule has 0 bridgehead atoms. The number of aromatic hydroxyl groups is 1. The number of rotatable bonds is 10. The maximum absolute atomic E-state index is 12.8. The molecule has 3 aromatic carbocycles. The molecule has 42 heavy (non-hydrogen) atoms. The van der Waals surface area contributed by atoms with Gasteiger partial charge in [0.2, 0.25) is 5.91 Å². The smallest absolute Gasteiger partial charge is 0.339 e. The number of benzene rings is 3. The number of nitrogens with zero attached hydrogens (tertiary/aromatic N) is 1. The van der Waals surface area contributed by atoms with Crippen LogP contribution in [-0.2, 0) is 32.2 Å². The maximum Gasteiger partial charge on any atom is 0.339 e. The predicted octanol–water partition coefficient (Wildman–Crippen LogP) is 6.54. The third-order valence-corrected chi connectivity index (χ3v) is 7.85. The molecule has 3 rings (SSSR count). The molecule has 1 amide bonds. The number of nitrogens with one attached hydrogen (secondary N) is 1. The summed E-state index contributed by atoms with van der Waals surface area (Å²) in [6.45, 7) is 16.3. The minimum atomic E-state index is -4.05. The first-order valence-corrected chi connectivity index (χ1v) is 15.4. The first-order chi connectivity index (χ1) is 19.5. The molecular formula is C33H42N2O6S. The average Bonchev–Trinajstić information content (AvgIpc) is 2.88. The fraction of sp³-hybridized carbons (Fsp3) is 0.394. The van der Waals surface area contributed by atoms with Gasteiger partial charge < -0.3 is 14.0 Å². The zero-order chi connectivity index (χ0) is 31.3. The van der Waals surface area contributed by atoms with Gasteiger partial charge in [0.1, 0.15) is 10.6 Å². The molecule has 0 aliphatic carbocycles. The standard InChI is InChI=1S/C33H42N2O6S/c1-9-40-29-20-24(12-16-28(29)41-42(38,39)25-14-10-22(2)11-15-25)21-34-35-30(36)17-13-23-18-26(32(3,4)5)31(37)27(19-23)33(6,7)8/h10-12,14-16,18-21,37H,9,13,17H2,1-8H3,(H,35,36)/b34-21+. The van der Waals surface area contributed by atoms with Crippen LogP contribution in [0.4, 0.5) is 0 Å². The number of hydrogen-bond acceptors (Lipinski definition) is 7. The van der Waals surface area contributed by atoms with Crippen LogP contribution in [0.5, 0.6) is 17.2 Å². The number of carbonyl (C=O) groups is 1. The summed E-state index contributed by atoms with van der Waals surface area (Å²) < 4.78 is 36.5. The van der Waals surface area contributed by atoms with Crippen LogP contribution >= 0.6 is 0 Å². The van der Waals surface area contributed by atoms with Crippen LogP contribution in [0.15, 0.2) is 64.6 Å². The van der Waals surface area contributed by atoms with E-state index < -0.39 is 10.1 Å². The lowest BCUT2D eigenvalue weighted by molar-refractivity contribution is -0.121. The molecule has 2 N–H and O–H groups in total. The molecule has 0 fully saturated rings. The Bertz CT molecular complexity index is 1510. The number of ether oxygens (including phenoxy) is 1. The molecule has 8 nitrogen and oxygen atoms in total. The van der Waals surface area contributed by atoms with E-state index in [-0.39, 0.29) is 39.6 Å². The van der Waals surface area contributed by atoms with Crippen LogP contribution in [0.25, 0.3) is 0 Å². The molecule has 0 saturated heterocycles. The summed E-state index contributed by atoms with van der Waals surface area (Å²) >= 11 is 0. The van der Waals surface area contributed by atoms with Crippen molar-refractivity contribution in [1.82, 2.24) is 5.43 Å². The topological polar surface area (TPSA) is 114 Å². The number of hydrazone groups is 1. The molecule has 0 aromatic heterocycles. The van der Waals surface area contributed by atoms with E-state index in [0.29, 0.717) is 24.3 Å². The second kappa shape index (κ2) is 13.0. The molecular weight excluding hydrogens is 552 g/mol. The molecule has 226 valence electrons. The Morgan fingerprint density at radius 3 is 2.07 bits per heavy atom. The predicted molar refractivity (Wildman–Crippen MR) is 166 cm³/mol. The number of amides is 1. The minimum absolute atomic E-state index is 0.0421. The summed E-state index contributed by atoms with van der Waals surface area (Å²) in [5.74, 6) is 0.336. The van der Waals surface area contributed by atoms with Crippen molar-refractivity contribution in [3.05, 3.63) is 82.4 Å². The second-order valence-electron chi connectivity index (χ2n) is 12.3. The van der Waals surface area contributed by atoms with Gasteiger partial charge in [-0.25, -0.2) is 5.43 Å². The van der Waals surface area contributed by atoms with Gasteiger partial charge in [0, 0.05) is 6.42 Å². The lowest BCUT2D eigenvalue weighted by Crippen LogP contribution is -2.20.